The third-order valence-electron chi connectivity index (χ3n) is 3.42. The van der Waals surface area contributed by atoms with Crippen LogP contribution in [0.3, 0.4) is 0 Å². The molecule has 0 aliphatic carbocycles. The highest BCUT2D eigenvalue weighted by molar-refractivity contribution is 5.02. The molecule has 0 fully saturated rings. The summed E-state index contributed by atoms with van der Waals surface area (Å²) in [6.45, 7) is 8.34. The van der Waals surface area contributed by atoms with E-state index >= 15 is 0 Å². The monoisotopic (exact) mass is 255 g/mol. The van der Waals surface area contributed by atoms with Gasteiger partial charge in [0.05, 0.1) is 6.04 Å². The van der Waals surface area contributed by atoms with Crippen LogP contribution >= 0.6 is 0 Å². The molecule has 5 heteroatoms. The maximum absolute atomic E-state index is 6.04. The van der Waals surface area contributed by atoms with Crippen LogP contribution in [0.2, 0.25) is 0 Å². The van der Waals surface area contributed by atoms with E-state index in [1.807, 2.05) is 0 Å². The van der Waals surface area contributed by atoms with Gasteiger partial charge in [-0.15, -0.1) is 0 Å². The normalized spacial score (nSPS) is 14.2. The number of ether oxygens (including phenoxy) is 1. The van der Waals surface area contributed by atoms with Crippen LogP contribution < -0.4 is 5.73 Å². The van der Waals surface area contributed by atoms with Gasteiger partial charge in [0.25, 0.3) is 0 Å². The minimum absolute atomic E-state index is 0.200. The Morgan fingerprint density at radius 2 is 1.94 bits per heavy atom. The van der Waals surface area contributed by atoms with Gasteiger partial charge in [-0.1, -0.05) is 32.9 Å². The Labute approximate surface area is 109 Å². The Hall–Kier alpha value is -0.940. The van der Waals surface area contributed by atoms with E-state index in [9.17, 15) is 0 Å². The fraction of sp³-hybridized carbons (Fsp3) is 0.846. The highest BCUT2D eigenvalue weighted by atomic mass is 16.5. The summed E-state index contributed by atoms with van der Waals surface area (Å²) in [5, 5.41) is 4.04. The molecule has 2 N–H and O–H groups in total. The SMILES string of the molecule is CCC(CC)(OC)c1noc([C@H](N)CC(C)C)n1. The van der Waals surface area contributed by atoms with E-state index in [0.29, 0.717) is 17.6 Å². The Morgan fingerprint density at radius 1 is 1.33 bits per heavy atom. The first-order chi connectivity index (χ1) is 8.49. The van der Waals surface area contributed by atoms with Gasteiger partial charge in [0.1, 0.15) is 5.60 Å². The van der Waals surface area contributed by atoms with Crippen LogP contribution in [0.4, 0.5) is 0 Å². The average molecular weight is 255 g/mol. The third kappa shape index (κ3) is 3.09. The van der Waals surface area contributed by atoms with Crippen molar-refractivity contribution in [1.29, 1.82) is 0 Å². The van der Waals surface area contributed by atoms with E-state index < -0.39 is 5.60 Å². The van der Waals surface area contributed by atoms with Crippen LogP contribution in [-0.2, 0) is 10.3 Å². The van der Waals surface area contributed by atoms with Gasteiger partial charge >= 0.3 is 0 Å². The summed E-state index contributed by atoms with van der Waals surface area (Å²) >= 11 is 0. The topological polar surface area (TPSA) is 74.2 Å². The standard InChI is InChI=1S/C13H25N3O2/c1-6-13(7-2,17-5)12-15-11(18-16-12)10(14)8-9(3)4/h9-10H,6-8,14H2,1-5H3/t10-/m1/s1. The number of aromatic nitrogens is 2. The smallest absolute Gasteiger partial charge is 0.243 e. The van der Waals surface area contributed by atoms with Crippen LogP contribution in [0.1, 0.15) is 64.7 Å². The van der Waals surface area contributed by atoms with Gasteiger partial charge in [-0.05, 0) is 25.2 Å². The zero-order valence-corrected chi connectivity index (χ0v) is 12.1. The summed E-state index contributed by atoms with van der Waals surface area (Å²) in [6.07, 6.45) is 2.44. The zero-order valence-electron chi connectivity index (χ0n) is 12.1. The van der Waals surface area contributed by atoms with Gasteiger partial charge in [-0.2, -0.15) is 4.98 Å². The van der Waals surface area contributed by atoms with Crippen molar-refractivity contribution in [3.63, 3.8) is 0 Å². The lowest BCUT2D eigenvalue weighted by Crippen LogP contribution is -2.28. The molecule has 0 saturated carbocycles. The number of rotatable bonds is 7. The molecule has 1 aromatic rings. The Morgan fingerprint density at radius 3 is 2.39 bits per heavy atom. The second-order valence-electron chi connectivity index (χ2n) is 5.10. The summed E-state index contributed by atoms with van der Waals surface area (Å²) in [7, 11) is 1.68. The largest absolute Gasteiger partial charge is 0.370 e. The summed E-state index contributed by atoms with van der Waals surface area (Å²) in [5.41, 5.74) is 5.58. The highest BCUT2D eigenvalue weighted by Gasteiger charge is 2.34. The maximum Gasteiger partial charge on any atom is 0.243 e. The molecule has 1 atom stereocenters. The Balaban J connectivity index is 2.91. The van der Waals surface area contributed by atoms with E-state index in [1.165, 1.54) is 0 Å². The lowest BCUT2D eigenvalue weighted by atomic mass is 9.96. The molecule has 0 unspecified atom stereocenters. The third-order valence-corrected chi connectivity index (χ3v) is 3.42. The second-order valence-corrected chi connectivity index (χ2v) is 5.10. The van der Waals surface area contributed by atoms with Gasteiger partial charge in [0, 0.05) is 7.11 Å². The number of methoxy groups -OCH3 is 1. The van der Waals surface area contributed by atoms with Crippen LogP contribution in [-0.4, -0.2) is 17.3 Å². The fourth-order valence-corrected chi connectivity index (χ4v) is 2.13. The van der Waals surface area contributed by atoms with Crippen molar-refractivity contribution in [3.05, 3.63) is 11.7 Å². The minimum Gasteiger partial charge on any atom is -0.370 e. The van der Waals surface area contributed by atoms with Crippen molar-refractivity contribution in [3.8, 4) is 0 Å². The minimum atomic E-state index is -0.459. The predicted molar refractivity (Wildman–Crippen MR) is 70.0 cm³/mol. The van der Waals surface area contributed by atoms with Crippen molar-refractivity contribution in [2.75, 3.05) is 7.11 Å². The lowest BCUT2D eigenvalue weighted by Gasteiger charge is -2.25. The van der Waals surface area contributed by atoms with E-state index in [-0.39, 0.29) is 6.04 Å². The van der Waals surface area contributed by atoms with E-state index in [2.05, 4.69) is 37.8 Å². The number of hydrogen-bond donors (Lipinski definition) is 1. The van der Waals surface area contributed by atoms with Gasteiger partial charge in [0.2, 0.25) is 11.7 Å². The average Bonchev–Trinajstić information content (AvgIpc) is 2.81. The highest BCUT2D eigenvalue weighted by Crippen LogP contribution is 2.31. The van der Waals surface area contributed by atoms with E-state index in [0.717, 1.165) is 19.3 Å². The summed E-state index contributed by atoms with van der Waals surface area (Å²) < 4.78 is 10.8. The molecule has 0 aliphatic rings. The van der Waals surface area contributed by atoms with Crippen LogP contribution in [0, 0.1) is 5.92 Å². The molecule has 1 heterocycles. The molecule has 0 aromatic carbocycles. The van der Waals surface area contributed by atoms with Crippen LogP contribution in [0.25, 0.3) is 0 Å². The molecule has 0 saturated heterocycles. The predicted octanol–water partition coefficient (Wildman–Crippen LogP) is 2.78. The summed E-state index contributed by atoms with van der Waals surface area (Å²) in [6, 6.07) is -0.200. The first-order valence-electron chi connectivity index (χ1n) is 6.63. The lowest BCUT2D eigenvalue weighted by molar-refractivity contribution is -0.0306. The van der Waals surface area contributed by atoms with Crippen molar-refractivity contribution >= 4 is 0 Å². The number of nitrogens with zero attached hydrogens (tertiary/aromatic N) is 2. The van der Waals surface area contributed by atoms with Crippen molar-refractivity contribution in [1.82, 2.24) is 10.1 Å². The first kappa shape index (κ1) is 15.1. The fourth-order valence-electron chi connectivity index (χ4n) is 2.13. The molecule has 0 amide bonds. The molecule has 5 nitrogen and oxygen atoms in total. The summed E-state index contributed by atoms with van der Waals surface area (Å²) in [5.74, 6) is 1.60. The molecule has 18 heavy (non-hydrogen) atoms. The van der Waals surface area contributed by atoms with Crippen LogP contribution in [0.5, 0.6) is 0 Å². The molecule has 104 valence electrons. The molecule has 1 aromatic heterocycles. The quantitative estimate of drug-likeness (QED) is 0.811. The van der Waals surface area contributed by atoms with Crippen molar-refractivity contribution in [2.24, 2.45) is 11.7 Å². The summed E-state index contributed by atoms with van der Waals surface area (Å²) in [4.78, 5) is 4.42. The maximum atomic E-state index is 6.04. The number of hydrogen-bond acceptors (Lipinski definition) is 5. The van der Waals surface area contributed by atoms with Crippen molar-refractivity contribution < 1.29 is 9.26 Å². The van der Waals surface area contributed by atoms with E-state index in [1.54, 1.807) is 7.11 Å². The zero-order chi connectivity index (χ0) is 13.8. The Kier molecular flexibility index (Phi) is 5.28. The molecule has 0 aliphatic heterocycles. The van der Waals surface area contributed by atoms with Gasteiger partial charge < -0.3 is 15.0 Å². The molecule has 0 bridgehead atoms. The van der Waals surface area contributed by atoms with E-state index in [4.69, 9.17) is 15.0 Å². The van der Waals surface area contributed by atoms with Gasteiger partial charge in [-0.25, -0.2) is 0 Å². The second kappa shape index (κ2) is 6.29. The Bertz CT molecular complexity index is 351. The van der Waals surface area contributed by atoms with Gasteiger partial charge in [0.15, 0.2) is 0 Å². The van der Waals surface area contributed by atoms with Gasteiger partial charge in [-0.3, -0.25) is 0 Å². The molecular formula is C13H25N3O2. The molecule has 0 spiro atoms. The number of nitrogens with two attached hydrogens (primary N) is 1. The first-order valence-corrected chi connectivity index (χ1v) is 6.63. The van der Waals surface area contributed by atoms with Crippen molar-refractivity contribution in [2.45, 2.75) is 58.6 Å². The van der Waals surface area contributed by atoms with Crippen LogP contribution in [0.15, 0.2) is 4.52 Å². The molecule has 0 radical (unpaired) electrons. The molecule has 1 rings (SSSR count). The molecular weight excluding hydrogens is 230 g/mol.